The number of carbonyl (C=O) groups excluding carboxylic acids is 1. The molecule has 1 saturated heterocycles. The Hall–Kier alpha value is -2.40. The highest BCUT2D eigenvalue weighted by Crippen LogP contribution is 2.13. The summed E-state index contributed by atoms with van der Waals surface area (Å²) in [7, 11) is 0. The van der Waals surface area contributed by atoms with Crippen LogP contribution in [0.25, 0.3) is 0 Å². The summed E-state index contributed by atoms with van der Waals surface area (Å²) in [5.41, 5.74) is 3.13. The quantitative estimate of drug-likeness (QED) is 0.848. The number of nitrogens with zero attached hydrogens (tertiary/aromatic N) is 1. The summed E-state index contributed by atoms with van der Waals surface area (Å²) < 4.78 is 5.42. The van der Waals surface area contributed by atoms with Gasteiger partial charge in [0.05, 0.1) is 6.61 Å². The number of amides is 2. The van der Waals surface area contributed by atoms with E-state index in [2.05, 4.69) is 15.6 Å². The van der Waals surface area contributed by atoms with Crippen molar-refractivity contribution in [3.63, 3.8) is 0 Å². The minimum atomic E-state index is -0.160. The summed E-state index contributed by atoms with van der Waals surface area (Å²) in [6.45, 7) is 2.24. The highest BCUT2D eigenvalue weighted by Gasteiger charge is 2.14. The number of hydrogen-bond acceptors (Lipinski definition) is 3. The van der Waals surface area contributed by atoms with E-state index < -0.39 is 0 Å². The lowest BCUT2D eigenvalue weighted by Crippen LogP contribution is -2.35. The minimum absolute atomic E-state index is 0.160. The van der Waals surface area contributed by atoms with Crippen LogP contribution in [0.2, 0.25) is 0 Å². The van der Waals surface area contributed by atoms with Crippen LogP contribution in [0.4, 0.5) is 10.5 Å². The van der Waals surface area contributed by atoms with Gasteiger partial charge in [-0.3, -0.25) is 4.98 Å². The number of aromatic nitrogens is 1. The molecular formula is C20H25N3O2. The normalized spacial score (nSPS) is 17.0. The molecule has 1 unspecified atom stereocenters. The van der Waals surface area contributed by atoms with E-state index in [0.717, 1.165) is 50.3 Å². The molecule has 1 fully saturated rings. The predicted molar refractivity (Wildman–Crippen MR) is 98.7 cm³/mol. The van der Waals surface area contributed by atoms with E-state index in [4.69, 9.17) is 4.74 Å². The summed E-state index contributed by atoms with van der Waals surface area (Å²) >= 11 is 0. The lowest BCUT2D eigenvalue weighted by atomic mass is 10.0. The second-order valence-corrected chi connectivity index (χ2v) is 6.44. The Labute approximate surface area is 148 Å². The Balaban J connectivity index is 1.41. The molecule has 0 saturated carbocycles. The van der Waals surface area contributed by atoms with Crippen LogP contribution in [-0.2, 0) is 17.6 Å². The highest BCUT2D eigenvalue weighted by molar-refractivity contribution is 5.89. The SMILES string of the molecule is O=C(NCC1CCCOC1)Nc1ccc(CCc2ccccn2)cc1. The second-order valence-electron chi connectivity index (χ2n) is 6.44. The Morgan fingerprint density at radius 3 is 2.76 bits per heavy atom. The van der Waals surface area contributed by atoms with Gasteiger partial charge in [-0.05, 0) is 61.4 Å². The van der Waals surface area contributed by atoms with E-state index in [1.165, 1.54) is 5.56 Å². The van der Waals surface area contributed by atoms with Crippen molar-refractivity contribution in [2.45, 2.75) is 25.7 Å². The lowest BCUT2D eigenvalue weighted by Gasteiger charge is -2.22. The van der Waals surface area contributed by atoms with Crippen LogP contribution >= 0.6 is 0 Å². The fraction of sp³-hybridized carbons (Fsp3) is 0.400. The van der Waals surface area contributed by atoms with Crippen molar-refractivity contribution < 1.29 is 9.53 Å². The first-order valence-electron chi connectivity index (χ1n) is 8.91. The van der Waals surface area contributed by atoms with Crippen molar-refractivity contribution >= 4 is 11.7 Å². The number of aryl methyl sites for hydroxylation is 2. The average molecular weight is 339 g/mol. The number of carbonyl (C=O) groups is 1. The maximum atomic E-state index is 12.0. The van der Waals surface area contributed by atoms with Gasteiger partial charge in [0.15, 0.2) is 0 Å². The molecule has 2 amide bonds. The molecule has 25 heavy (non-hydrogen) atoms. The Bertz CT molecular complexity index is 652. The largest absolute Gasteiger partial charge is 0.381 e. The summed E-state index contributed by atoms with van der Waals surface area (Å²) in [5, 5.41) is 5.80. The molecule has 5 heteroatoms. The van der Waals surface area contributed by atoms with Crippen LogP contribution in [0.1, 0.15) is 24.1 Å². The number of benzene rings is 1. The lowest BCUT2D eigenvalue weighted by molar-refractivity contribution is 0.0559. The van der Waals surface area contributed by atoms with Gasteiger partial charge >= 0.3 is 6.03 Å². The molecule has 1 aromatic heterocycles. The number of ether oxygens (including phenoxy) is 1. The third kappa shape index (κ3) is 5.87. The van der Waals surface area contributed by atoms with Gasteiger partial charge in [-0.15, -0.1) is 0 Å². The zero-order chi connectivity index (χ0) is 17.3. The van der Waals surface area contributed by atoms with Crippen molar-refractivity contribution in [1.29, 1.82) is 0 Å². The maximum Gasteiger partial charge on any atom is 0.319 e. The molecular weight excluding hydrogens is 314 g/mol. The Kier molecular flexibility index (Phi) is 6.40. The summed E-state index contributed by atoms with van der Waals surface area (Å²) in [6.07, 6.45) is 5.86. The van der Waals surface area contributed by atoms with Gasteiger partial charge in [0, 0.05) is 30.7 Å². The van der Waals surface area contributed by atoms with Crippen molar-refractivity contribution in [2.24, 2.45) is 5.92 Å². The van der Waals surface area contributed by atoms with Crippen molar-refractivity contribution in [3.05, 3.63) is 59.9 Å². The first kappa shape index (κ1) is 17.4. The van der Waals surface area contributed by atoms with Gasteiger partial charge in [0.1, 0.15) is 0 Å². The monoisotopic (exact) mass is 339 g/mol. The van der Waals surface area contributed by atoms with Gasteiger partial charge in [-0.2, -0.15) is 0 Å². The number of rotatable bonds is 6. The van der Waals surface area contributed by atoms with Gasteiger partial charge < -0.3 is 15.4 Å². The van der Waals surface area contributed by atoms with Gasteiger partial charge in [-0.25, -0.2) is 4.79 Å². The fourth-order valence-electron chi connectivity index (χ4n) is 2.95. The molecule has 2 aromatic rings. The molecule has 1 aliphatic rings. The second kappa shape index (κ2) is 9.18. The van der Waals surface area contributed by atoms with Crippen LogP contribution < -0.4 is 10.6 Å². The summed E-state index contributed by atoms with van der Waals surface area (Å²) in [5.74, 6) is 0.425. The van der Waals surface area contributed by atoms with Crippen molar-refractivity contribution in [2.75, 3.05) is 25.1 Å². The molecule has 1 aromatic carbocycles. The average Bonchev–Trinajstić information content (AvgIpc) is 2.67. The molecule has 0 spiro atoms. The van der Waals surface area contributed by atoms with Gasteiger partial charge in [0.25, 0.3) is 0 Å². The smallest absolute Gasteiger partial charge is 0.319 e. The Morgan fingerprint density at radius 2 is 2.04 bits per heavy atom. The van der Waals surface area contributed by atoms with Crippen LogP contribution in [0, 0.1) is 5.92 Å². The van der Waals surface area contributed by atoms with Gasteiger partial charge in [-0.1, -0.05) is 18.2 Å². The zero-order valence-electron chi connectivity index (χ0n) is 14.4. The molecule has 2 N–H and O–H groups in total. The van der Waals surface area contributed by atoms with E-state index in [1.807, 2.05) is 48.7 Å². The topological polar surface area (TPSA) is 63.2 Å². The predicted octanol–water partition coefficient (Wildman–Crippen LogP) is 3.41. The van der Waals surface area contributed by atoms with Crippen LogP contribution in [0.15, 0.2) is 48.7 Å². The molecule has 0 aliphatic carbocycles. The van der Waals surface area contributed by atoms with E-state index in [-0.39, 0.29) is 6.03 Å². The van der Waals surface area contributed by atoms with Crippen molar-refractivity contribution in [1.82, 2.24) is 10.3 Å². The molecule has 3 rings (SSSR count). The number of urea groups is 1. The molecule has 0 radical (unpaired) electrons. The summed E-state index contributed by atoms with van der Waals surface area (Å²) in [4.78, 5) is 16.3. The van der Waals surface area contributed by atoms with Crippen molar-refractivity contribution in [3.8, 4) is 0 Å². The van der Waals surface area contributed by atoms with E-state index in [1.54, 1.807) is 0 Å². The fourth-order valence-corrected chi connectivity index (χ4v) is 2.95. The number of pyridine rings is 1. The first-order valence-corrected chi connectivity index (χ1v) is 8.91. The van der Waals surface area contributed by atoms with E-state index in [9.17, 15) is 4.79 Å². The number of nitrogens with one attached hydrogen (secondary N) is 2. The standard InChI is InChI=1S/C20H25N3O2/c24-20(22-14-17-4-3-13-25-15-17)23-19-10-7-16(8-11-19)6-9-18-5-1-2-12-21-18/h1-2,5,7-8,10-12,17H,3-4,6,9,13-15H2,(H2,22,23,24). The Morgan fingerprint density at radius 1 is 1.16 bits per heavy atom. The molecule has 2 heterocycles. The minimum Gasteiger partial charge on any atom is -0.381 e. The van der Waals surface area contributed by atoms with Crippen LogP contribution in [0.5, 0.6) is 0 Å². The van der Waals surface area contributed by atoms with Crippen LogP contribution in [-0.4, -0.2) is 30.8 Å². The van der Waals surface area contributed by atoms with Crippen LogP contribution in [0.3, 0.4) is 0 Å². The van der Waals surface area contributed by atoms with E-state index in [0.29, 0.717) is 12.5 Å². The maximum absolute atomic E-state index is 12.0. The molecule has 5 nitrogen and oxygen atoms in total. The van der Waals surface area contributed by atoms with Gasteiger partial charge in [0.2, 0.25) is 0 Å². The molecule has 132 valence electrons. The third-order valence-electron chi connectivity index (χ3n) is 4.41. The number of hydrogen-bond donors (Lipinski definition) is 2. The highest BCUT2D eigenvalue weighted by atomic mass is 16.5. The first-order chi connectivity index (χ1) is 12.3. The number of anilines is 1. The molecule has 0 bridgehead atoms. The zero-order valence-corrected chi connectivity index (χ0v) is 14.4. The molecule has 1 aliphatic heterocycles. The summed E-state index contributed by atoms with van der Waals surface area (Å²) in [6, 6.07) is 13.8. The molecule has 1 atom stereocenters. The third-order valence-corrected chi connectivity index (χ3v) is 4.41. The van der Waals surface area contributed by atoms with E-state index >= 15 is 0 Å².